The molecule has 0 aliphatic rings. The summed E-state index contributed by atoms with van der Waals surface area (Å²) in [6.45, 7) is 4.09. The molecule has 2 rings (SSSR count). The Kier molecular flexibility index (Phi) is 5.05. The van der Waals surface area contributed by atoms with Crippen molar-refractivity contribution in [2.24, 2.45) is 5.73 Å². The van der Waals surface area contributed by atoms with Crippen LogP contribution in [-0.2, 0) is 0 Å². The summed E-state index contributed by atoms with van der Waals surface area (Å²) in [5, 5.41) is 0.698. The first-order chi connectivity index (χ1) is 9.61. The predicted octanol–water partition coefficient (Wildman–Crippen LogP) is 4.51. The van der Waals surface area contributed by atoms with E-state index in [2.05, 4.69) is 6.92 Å². The van der Waals surface area contributed by atoms with Crippen LogP contribution >= 0.6 is 11.6 Å². The molecule has 0 aliphatic heterocycles. The van der Waals surface area contributed by atoms with E-state index < -0.39 is 0 Å². The minimum Gasteiger partial charge on any atom is -0.484 e. The number of benzene rings is 2. The van der Waals surface area contributed by atoms with E-state index >= 15 is 0 Å². The molecule has 2 aromatic rings. The summed E-state index contributed by atoms with van der Waals surface area (Å²) in [4.78, 5) is 0. The average molecular weight is 290 g/mol. The first-order valence-electron chi connectivity index (χ1n) is 6.85. The van der Waals surface area contributed by atoms with Gasteiger partial charge in [-0.1, -0.05) is 48.9 Å². The monoisotopic (exact) mass is 289 g/mol. The Morgan fingerprint density at radius 2 is 1.90 bits per heavy atom. The van der Waals surface area contributed by atoms with Gasteiger partial charge in [-0.3, -0.25) is 0 Å². The molecule has 0 heterocycles. The van der Waals surface area contributed by atoms with E-state index in [-0.39, 0.29) is 12.1 Å². The molecule has 20 heavy (non-hydrogen) atoms. The van der Waals surface area contributed by atoms with Gasteiger partial charge in [-0.05, 0) is 42.7 Å². The summed E-state index contributed by atoms with van der Waals surface area (Å²) >= 11 is 6.07. The molecule has 2 atom stereocenters. The lowest BCUT2D eigenvalue weighted by Crippen LogP contribution is -2.31. The van der Waals surface area contributed by atoms with E-state index in [9.17, 15) is 0 Å². The van der Waals surface area contributed by atoms with Crippen LogP contribution in [-0.4, -0.2) is 6.04 Å². The lowest BCUT2D eigenvalue weighted by atomic mass is 10.0. The van der Waals surface area contributed by atoms with Crippen LogP contribution in [0, 0.1) is 6.92 Å². The summed E-state index contributed by atoms with van der Waals surface area (Å²) in [7, 11) is 0. The first kappa shape index (κ1) is 14.9. The summed E-state index contributed by atoms with van der Waals surface area (Å²) in [6, 6.07) is 15.6. The molecule has 0 aromatic heterocycles. The van der Waals surface area contributed by atoms with Crippen molar-refractivity contribution in [3.05, 3.63) is 64.7 Å². The molecular formula is C17H20ClNO. The fourth-order valence-corrected chi connectivity index (χ4v) is 2.32. The zero-order valence-electron chi connectivity index (χ0n) is 11.8. The quantitative estimate of drug-likeness (QED) is 0.879. The molecule has 2 nitrogen and oxygen atoms in total. The number of ether oxygens (including phenoxy) is 1. The van der Waals surface area contributed by atoms with Gasteiger partial charge >= 0.3 is 0 Å². The van der Waals surface area contributed by atoms with Gasteiger partial charge < -0.3 is 10.5 Å². The van der Waals surface area contributed by atoms with Gasteiger partial charge in [-0.15, -0.1) is 0 Å². The predicted molar refractivity (Wildman–Crippen MR) is 84.3 cm³/mol. The van der Waals surface area contributed by atoms with Crippen LogP contribution in [0.1, 0.15) is 30.6 Å². The van der Waals surface area contributed by atoms with Crippen LogP contribution in [0.5, 0.6) is 5.75 Å². The van der Waals surface area contributed by atoms with Crippen LogP contribution in [0.4, 0.5) is 0 Å². The van der Waals surface area contributed by atoms with Crippen LogP contribution in [0.25, 0.3) is 0 Å². The molecule has 0 fully saturated rings. The van der Waals surface area contributed by atoms with Crippen molar-refractivity contribution in [2.75, 3.05) is 0 Å². The standard InChI is InChI=1S/C17H20ClNO/c1-3-15(19)17(13-8-6-9-14(18)11-13)20-16-10-5-4-7-12(16)2/h4-11,15,17H,3,19H2,1-2H3. The SMILES string of the molecule is CCC(N)C(Oc1ccccc1C)c1cccc(Cl)c1. The van der Waals surface area contributed by atoms with Crippen molar-refractivity contribution < 1.29 is 4.74 Å². The van der Waals surface area contributed by atoms with Gasteiger partial charge in [0.2, 0.25) is 0 Å². The number of aryl methyl sites for hydroxylation is 1. The highest BCUT2D eigenvalue weighted by Gasteiger charge is 2.21. The highest BCUT2D eigenvalue weighted by molar-refractivity contribution is 6.30. The van der Waals surface area contributed by atoms with E-state index in [1.807, 2.05) is 55.5 Å². The molecule has 0 spiro atoms. The minimum atomic E-state index is -0.195. The maximum absolute atomic E-state index is 6.23. The molecule has 0 radical (unpaired) electrons. The third-order valence-electron chi connectivity index (χ3n) is 3.39. The van der Waals surface area contributed by atoms with Gasteiger partial charge in [-0.2, -0.15) is 0 Å². The Morgan fingerprint density at radius 1 is 1.15 bits per heavy atom. The van der Waals surface area contributed by atoms with Gasteiger partial charge in [0.1, 0.15) is 11.9 Å². The largest absolute Gasteiger partial charge is 0.484 e. The third kappa shape index (κ3) is 3.53. The van der Waals surface area contributed by atoms with Crippen molar-refractivity contribution in [3.8, 4) is 5.75 Å². The average Bonchev–Trinajstić information content (AvgIpc) is 2.45. The van der Waals surface area contributed by atoms with Crippen molar-refractivity contribution in [1.82, 2.24) is 0 Å². The first-order valence-corrected chi connectivity index (χ1v) is 7.23. The van der Waals surface area contributed by atoms with Crippen molar-refractivity contribution >= 4 is 11.6 Å². The van der Waals surface area contributed by atoms with Crippen molar-refractivity contribution in [1.29, 1.82) is 0 Å². The zero-order valence-corrected chi connectivity index (χ0v) is 12.6. The summed E-state index contributed by atoms with van der Waals surface area (Å²) < 4.78 is 6.16. The molecular weight excluding hydrogens is 270 g/mol. The number of nitrogens with two attached hydrogens (primary N) is 1. The minimum absolute atomic E-state index is 0.0759. The topological polar surface area (TPSA) is 35.2 Å². The lowest BCUT2D eigenvalue weighted by Gasteiger charge is -2.25. The van der Waals surface area contributed by atoms with Gasteiger partial charge in [0.15, 0.2) is 0 Å². The summed E-state index contributed by atoms with van der Waals surface area (Å²) in [5.41, 5.74) is 8.34. The van der Waals surface area contributed by atoms with Gasteiger partial charge in [0, 0.05) is 11.1 Å². The molecule has 2 aromatic carbocycles. The number of hydrogen-bond acceptors (Lipinski definition) is 2. The summed E-state index contributed by atoms with van der Waals surface area (Å²) in [6.07, 6.45) is 0.642. The highest BCUT2D eigenvalue weighted by Crippen LogP contribution is 2.28. The van der Waals surface area contributed by atoms with Gasteiger partial charge in [0.05, 0.1) is 0 Å². The second-order valence-electron chi connectivity index (χ2n) is 4.93. The fourth-order valence-electron chi connectivity index (χ4n) is 2.13. The van der Waals surface area contributed by atoms with Crippen molar-refractivity contribution in [2.45, 2.75) is 32.4 Å². The van der Waals surface area contributed by atoms with Crippen LogP contribution in [0.3, 0.4) is 0 Å². The van der Waals surface area contributed by atoms with E-state index in [0.717, 1.165) is 23.3 Å². The maximum atomic E-state index is 6.23. The van der Waals surface area contributed by atoms with Gasteiger partial charge in [0.25, 0.3) is 0 Å². The second kappa shape index (κ2) is 6.78. The highest BCUT2D eigenvalue weighted by atomic mass is 35.5. The number of rotatable bonds is 5. The Bertz CT molecular complexity index is 570. The number of halogens is 1. The molecule has 106 valence electrons. The lowest BCUT2D eigenvalue weighted by molar-refractivity contribution is 0.170. The van der Waals surface area contributed by atoms with E-state index in [0.29, 0.717) is 5.02 Å². The Hall–Kier alpha value is -1.51. The molecule has 3 heteroatoms. The smallest absolute Gasteiger partial charge is 0.139 e. The Morgan fingerprint density at radius 3 is 2.55 bits per heavy atom. The van der Waals surface area contributed by atoms with Crippen molar-refractivity contribution in [3.63, 3.8) is 0 Å². The third-order valence-corrected chi connectivity index (χ3v) is 3.62. The van der Waals surface area contributed by atoms with Gasteiger partial charge in [-0.25, -0.2) is 0 Å². The molecule has 0 saturated heterocycles. The maximum Gasteiger partial charge on any atom is 0.139 e. The Balaban J connectivity index is 2.31. The summed E-state index contributed by atoms with van der Waals surface area (Å²) in [5.74, 6) is 0.862. The molecule has 0 saturated carbocycles. The molecule has 0 aliphatic carbocycles. The Labute approximate surface area is 125 Å². The second-order valence-corrected chi connectivity index (χ2v) is 5.37. The molecule has 2 N–H and O–H groups in total. The van der Waals surface area contributed by atoms with Crippen LogP contribution < -0.4 is 10.5 Å². The molecule has 0 bridgehead atoms. The van der Waals surface area contributed by atoms with Crippen LogP contribution in [0.2, 0.25) is 5.02 Å². The van der Waals surface area contributed by atoms with E-state index in [4.69, 9.17) is 22.1 Å². The van der Waals surface area contributed by atoms with Crippen LogP contribution in [0.15, 0.2) is 48.5 Å². The number of hydrogen-bond donors (Lipinski definition) is 1. The van der Waals surface area contributed by atoms with E-state index in [1.54, 1.807) is 0 Å². The number of para-hydroxylation sites is 1. The zero-order chi connectivity index (χ0) is 14.5. The molecule has 0 amide bonds. The fraction of sp³-hybridized carbons (Fsp3) is 0.294. The normalized spacial score (nSPS) is 13.8. The van der Waals surface area contributed by atoms with E-state index in [1.165, 1.54) is 0 Å². The molecule has 2 unspecified atom stereocenters.